The number of ether oxygens (including phenoxy) is 1. The number of aryl methyl sites for hydroxylation is 1. The molecule has 0 radical (unpaired) electrons. The maximum Gasteiger partial charge on any atom is 0.328 e. The minimum Gasteiger partial charge on any atom is -0.383 e. The summed E-state index contributed by atoms with van der Waals surface area (Å²) in [6, 6.07) is 5.14. The number of halogens is 1. The molecule has 0 saturated carbocycles. The largest absolute Gasteiger partial charge is 0.383 e. The number of carbonyl (C=O) groups excluding carboxylic acids is 1. The number of anilines is 1. The van der Waals surface area contributed by atoms with E-state index in [0.29, 0.717) is 23.9 Å². The van der Waals surface area contributed by atoms with Crippen LogP contribution in [0.15, 0.2) is 23.2 Å². The molecule has 0 atom stereocenters. The van der Waals surface area contributed by atoms with Crippen LogP contribution in [0.1, 0.15) is 12.5 Å². The third-order valence-electron chi connectivity index (χ3n) is 2.90. The number of benzene rings is 1. The molecular weight excluding hydrogens is 292 g/mol. The molecule has 0 aliphatic carbocycles. The molecule has 0 aliphatic rings. The Morgan fingerprint density at radius 1 is 1.52 bits per heavy atom. The van der Waals surface area contributed by atoms with E-state index in [1.165, 1.54) is 4.90 Å². The van der Waals surface area contributed by atoms with E-state index in [1.54, 1.807) is 20.2 Å². The van der Waals surface area contributed by atoms with E-state index in [-0.39, 0.29) is 5.96 Å². The van der Waals surface area contributed by atoms with E-state index in [4.69, 9.17) is 22.1 Å². The fourth-order valence-electron chi connectivity index (χ4n) is 1.81. The smallest absolute Gasteiger partial charge is 0.328 e. The highest BCUT2D eigenvalue weighted by molar-refractivity contribution is 6.34. The Balaban J connectivity index is 2.82. The molecular formula is C14H21ClN4O2. The zero-order valence-corrected chi connectivity index (χ0v) is 13.3. The molecule has 21 heavy (non-hydrogen) atoms. The molecule has 0 aliphatic heterocycles. The van der Waals surface area contributed by atoms with Gasteiger partial charge in [0.2, 0.25) is 0 Å². The number of amides is 2. The highest BCUT2D eigenvalue weighted by Gasteiger charge is 2.17. The first-order valence-corrected chi connectivity index (χ1v) is 7.00. The number of rotatable bonds is 5. The van der Waals surface area contributed by atoms with Gasteiger partial charge >= 0.3 is 6.03 Å². The minimum absolute atomic E-state index is 0.0500. The van der Waals surface area contributed by atoms with Gasteiger partial charge in [-0.1, -0.05) is 30.7 Å². The Labute approximate surface area is 129 Å². The summed E-state index contributed by atoms with van der Waals surface area (Å²) in [5, 5.41) is 3.03. The number of methoxy groups -OCH3 is 1. The predicted molar refractivity (Wildman–Crippen MR) is 86.1 cm³/mol. The lowest BCUT2D eigenvalue weighted by Crippen LogP contribution is -2.45. The highest BCUT2D eigenvalue weighted by Crippen LogP contribution is 2.29. The van der Waals surface area contributed by atoms with Crippen molar-refractivity contribution in [3.63, 3.8) is 0 Å². The van der Waals surface area contributed by atoms with Gasteiger partial charge in [-0.15, -0.1) is 0 Å². The van der Waals surface area contributed by atoms with Gasteiger partial charge in [-0.25, -0.2) is 4.79 Å². The van der Waals surface area contributed by atoms with Gasteiger partial charge in [0.25, 0.3) is 0 Å². The second-order valence-electron chi connectivity index (χ2n) is 4.35. The average molecular weight is 313 g/mol. The van der Waals surface area contributed by atoms with Crippen LogP contribution < -0.4 is 16.0 Å². The van der Waals surface area contributed by atoms with Crippen molar-refractivity contribution in [2.75, 3.05) is 32.2 Å². The predicted octanol–water partition coefficient (Wildman–Crippen LogP) is 2.01. The maximum atomic E-state index is 12.2. The molecule has 0 spiro atoms. The van der Waals surface area contributed by atoms with Crippen molar-refractivity contribution < 1.29 is 9.53 Å². The van der Waals surface area contributed by atoms with Crippen molar-refractivity contribution >= 4 is 29.3 Å². The molecule has 0 unspecified atom stereocenters. The number of guanidine groups is 1. The van der Waals surface area contributed by atoms with E-state index in [9.17, 15) is 4.79 Å². The van der Waals surface area contributed by atoms with E-state index < -0.39 is 6.03 Å². The monoisotopic (exact) mass is 312 g/mol. The summed E-state index contributed by atoms with van der Waals surface area (Å²) >= 11 is 6.19. The summed E-state index contributed by atoms with van der Waals surface area (Å²) in [5.41, 5.74) is 7.29. The Hall–Kier alpha value is -1.79. The summed E-state index contributed by atoms with van der Waals surface area (Å²) in [5.74, 6) is 0.0500. The Bertz CT molecular complexity index is 520. The summed E-state index contributed by atoms with van der Waals surface area (Å²) in [6.45, 7) is 2.83. The normalized spacial score (nSPS) is 11.3. The van der Waals surface area contributed by atoms with E-state index in [2.05, 4.69) is 10.3 Å². The van der Waals surface area contributed by atoms with Crippen molar-refractivity contribution in [1.82, 2.24) is 5.32 Å². The quantitative estimate of drug-likeness (QED) is 0.496. The third-order valence-corrected chi connectivity index (χ3v) is 3.21. The molecule has 1 aromatic carbocycles. The zero-order chi connectivity index (χ0) is 15.8. The van der Waals surface area contributed by atoms with Crippen LogP contribution in [0.5, 0.6) is 0 Å². The van der Waals surface area contributed by atoms with Gasteiger partial charge in [-0.3, -0.25) is 15.2 Å². The molecule has 0 bridgehead atoms. The lowest BCUT2D eigenvalue weighted by molar-refractivity contribution is 0.208. The summed E-state index contributed by atoms with van der Waals surface area (Å²) in [4.78, 5) is 17.6. The number of carbonyl (C=O) groups is 1. The first-order chi connectivity index (χ1) is 10.0. The summed E-state index contributed by atoms with van der Waals surface area (Å²) < 4.78 is 4.86. The lowest BCUT2D eigenvalue weighted by Gasteiger charge is -2.21. The van der Waals surface area contributed by atoms with Crippen LogP contribution in [0.3, 0.4) is 0 Å². The Morgan fingerprint density at radius 3 is 2.86 bits per heavy atom. The topological polar surface area (TPSA) is 80.0 Å². The molecule has 7 heteroatoms. The number of nitrogens with one attached hydrogen (secondary N) is 1. The van der Waals surface area contributed by atoms with Crippen molar-refractivity contribution in [2.24, 2.45) is 10.7 Å². The third kappa shape index (κ3) is 4.91. The van der Waals surface area contributed by atoms with Gasteiger partial charge in [0.05, 0.1) is 23.9 Å². The SMILES string of the molecule is CCc1cccc(Cl)c1N(C)C(=O)NC(N)=NCCOC. The molecule has 0 heterocycles. The van der Waals surface area contributed by atoms with Gasteiger partial charge in [0, 0.05) is 14.2 Å². The number of nitrogens with two attached hydrogens (primary N) is 1. The molecule has 1 rings (SSSR count). The van der Waals surface area contributed by atoms with E-state index in [0.717, 1.165) is 12.0 Å². The molecule has 0 saturated heterocycles. The number of hydrogen-bond donors (Lipinski definition) is 2. The Kier molecular flexibility index (Phi) is 6.98. The van der Waals surface area contributed by atoms with E-state index >= 15 is 0 Å². The van der Waals surface area contributed by atoms with Crippen molar-refractivity contribution in [3.8, 4) is 0 Å². The summed E-state index contributed by atoms with van der Waals surface area (Å²) in [6.07, 6.45) is 0.769. The second kappa shape index (κ2) is 8.49. The molecule has 0 fully saturated rings. The minimum atomic E-state index is -0.392. The molecule has 116 valence electrons. The van der Waals surface area contributed by atoms with Crippen molar-refractivity contribution in [2.45, 2.75) is 13.3 Å². The first-order valence-electron chi connectivity index (χ1n) is 6.62. The molecule has 6 nitrogen and oxygen atoms in total. The number of urea groups is 1. The standard InChI is InChI=1S/C14H21ClN4O2/c1-4-10-6-5-7-11(15)12(10)19(2)14(20)18-13(16)17-8-9-21-3/h5-7H,4,8-9H2,1-3H3,(H3,16,17,18,20). The van der Waals surface area contributed by atoms with Gasteiger partial charge in [0.15, 0.2) is 5.96 Å². The van der Waals surface area contributed by atoms with Gasteiger partial charge in [-0.2, -0.15) is 0 Å². The van der Waals surface area contributed by atoms with Crippen LogP contribution in [0.2, 0.25) is 5.02 Å². The molecule has 1 aromatic rings. The van der Waals surface area contributed by atoms with Gasteiger partial charge < -0.3 is 10.5 Å². The fraction of sp³-hybridized carbons (Fsp3) is 0.429. The van der Waals surface area contributed by atoms with Crippen molar-refractivity contribution in [1.29, 1.82) is 0 Å². The molecule has 3 N–H and O–H groups in total. The molecule has 0 aromatic heterocycles. The average Bonchev–Trinajstić information content (AvgIpc) is 2.46. The maximum absolute atomic E-state index is 12.2. The second-order valence-corrected chi connectivity index (χ2v) is 4.76. The van der Waals surface area contributed by atoms with Crippen LogP contribution in [0.25, 0.3) is 0 Å². The Morgan fingerprint density at radius 2 is 2.24 bits per heavy atom. The number of para-hydroxylation sites is 1. The van der Waals surface area contributed by atoms with Crippen LogP contribution in [-0.4, -0.2) is 39.3 Å². The fourth-order valence-corrected chi connectivity index (χ4v) is 2.13. The van der Waals surface area contributed by atoms with Crippen molar-refractivity contribution in [3.05, 3.63) is 28.8 Å². The van der Waals surface area contributed by atoms with Crippen LogP contribution >= 0.6 is 11.6 Å². The highest BCUT2D eigenvalue weighted by atomic mass is 35.5. The number of aliphatic imine (C=N–C) groups is 1. The van der Waals surface area contributed by atoms with Gasteiger partial charge in [0.1, 0.15) is 0 Å². The molecule has 2 amide bonds. The van der Waals surface area contributed by atoms with E-state index in [1.807, 2.05) is 19.1 Å². The van der Waals surface area contributed by atoms with Crippen LogP contribution in [-0.2, 0) is 11.2 Å². The zero-order valence-electron chi connectivity index (χ0n) is 12.5. The van der Waals surface area contributed by atoms with Crippen LogP contribution in [0.4, 0.5) is 10.5 Å². The first kappa shape index (κ1) is 17.3. The van der Waals surface area contributed by atoms with Crippen LogP contribution in [0, 0.1) is 0 Å². The summed E-state index contributed by atoms with van der Waals surface area (Å²) in [7, 11) is 3.21. The van der Waals surface area contributed by atoms with Gasteiger partial charge in [-0.05, 0) is 18.1 Å². The number of hydrogen-bond acceptors (Lipinski definition) is 3. The number of nitrogens with zero attached hydrogens (tertiary/aromatic N) is 2. The lowest BCUT2D eigenvalue weighted by atomic mass is 10.1.